The molecule has 0 aliphatic rings. The van der Waals surface area contributed by atoms with Crippen molar-refractivity contribution in [3.05, 3.63) is 66.4 Å². The van der Waals surface area contributed by atoms with Gasteiger partial charge in [0.2, 0.25) is 5.95 Å². The van der Waals surface area contributed by atoms with Crippen LogP contribution in [0.25, 0.3) is 22.6 Å². The van der Waals surface area contributed by atoms with E-state index in [4.69, 9.17) is 10.5 Å². The van der Waals surface area contributed by atoms with Crippen LogP contribution in [0.3, 0.4) is 0 Å². The highest BCUT2D eigenvalue weighted by molar-refractivity contribution is 5.66. The lowest BCUT2D eigenvalue weighted by Gasteiger charge is -2.04. The second-order valence-corrected chi connectivity index (χ2v) is 6.09. The number of methoxy groups -OCH3 is 1. The number of pyridine rings is 2. The third kappa shape index (κ3) is 3.99. The van der Waals surface area contributed by atoms with E-state index in [0.717, 1.165) is 17.0 Å². The van der Waals surface area contributed by atoms with Crippen molar-refractivity contribution in [2.45, 2.75) is 13.2 Å². The van der Waals surface area contributed by atoms with E-state index < -0.39 is 0 Å². The Hall–Kier alpha value is -3.72. The van der Waals surface area contributed by atoms with Crippen LogP contribution in [0.1, 0.15) is 11.4 Å². The van der Waals surface area contributed by atoms with Gasteiger partial charge in [0.25, 0.3) is 0 Å². The lowest BCUT2D eigenvalue weighted by molar-refractivity contribution is 0.181. The van der Waals surface area contributed by atoms with E-state index >= 15 is 0 Å². The first-order valence-corrected chi connectivity index (χ1v) is 8.60. The van der Waals surface area contributed by atoms with E-state index in [2.05, 4.69) is 30.2 Å². The minimum atomic E-state index is 0.167. The van der Waals surface area contributed by atoms with Gasteiger partial charge in [-0.05, 0) is 30.3 Å². The summed E-state index contributed by atoms with van der Waals surface area (Å²) in [6.07, 6.45) is 5.23. The number of anilines is 1. The number of nitrogens with two attached hydrogens (primary N) is 1. The summed E-state index contributed by atoms with van der Waals surface area (Å²) >= 11 is 0. The molecule has 4 heterocycles. The van der Waals surface area contributed by atoms with E-state index in [1.54, 1.807) is 30.4 Å². The van der Waals surface area contributed by atoms with Gasteiger partial charge in [-0.1, -0.05) is 11.3 Å². The maximum absolute atomic E-state index is 5.89. The number of nitrogens with zero attached hydrogens (tertiary/aromatic N) is 7. The van der Waals surface area contributed by atoms with E-state index in [0.29, 0.717) is 30.2 Å². The number of ether oxygens (including phenoxy) is 1. The average molecular weight is 374 g/mol. The molecule has 0 radical (unpaired) electrons. The van der Waals surface area contributed by atoms with Crippen molar-refractivity contribution in [2.75, 3.05) is 12.8 Å². The minimum Gasteiger partial charge on any atom is -0.378 e. The molecule has 0 fully saturated rings. The second-order valence-electron chi connectivity index (χ2n) is 6.09. The number of aromatic nitrogens is 7. The van der Waals surface area contributed by atoms with Crippen LogP contribution in [0.4, 0.5) is 5.95 Å². The number of nitrogen functional groups attached to an aromatic ring is 1. The van der Waals surface area contributed by atoms with Gasteiger partial charge in [0.05, 0.1) is 42.1 Å². The van der Waals surface area contributed by atoms with Crippen molar-refractivity contribution in [3.63, 3.8) is 0 Å². The summed E-state index contributed by atoms with van der Waals surface area (Å²) in [7, 11) is 1.64. The minimum absolute atomic E-state index is 0.167. The molecule has 0 atom stereocenters. The SMILES string of the molecule is COCc1cccc(Cn2cc(-c3cc(-c4cccnc4)nc(N)n3)nn2)n1. The monoisotopic (exact) mass is 374 g/mol. The van der Waals surface area contributed by atoms with Gasteiger partial charge in [0.1, 0.15) is 5.69 Å². The Bertz CT molecular complexity index is 1080. The zero-order valence-corrected chi connectivity index (χ0v) is 15.2. The summed E-state index contributed by atoms with van der Waals surface area (Å²) in [6.45, 7) is 0.953. The first kappa shape index (κ1) is 17.7. The summed E-state index contributed by atoms with van der Waals surface area (Å²) in [5.41, 5.74) is 10.4. The summed E-state index contributed by atoms with van der Waals surface area (Å²) in [5, 5.41) is 8.39. The Morgan fingerprint density at radius 1 is 1.00 bits per heavy atom. The van der Waals surface area contributed by atoms with Gasteiger partial charge >= 0.3 is 0 Å². The molecule has 9 nitrogen and oxygen atoms in total. The van der Waals surface area contributed by atoms with Crippen LogP contribution < -0.4 is 5.73 Å². The van der Waals surface area contributed by atoms with Crippen molar-refractivity contribution >= 4 is 5.95 Å². The van der Waals surface area contributed by atoms with Gasteiger partial charge in [-0.2, -0.15) is 0 Å². The van der Waals surface area contributed by atoms with E-state index in [9.17, 15) is 0 Å². The molecule has 0 unspecified atom stereocenters. The van der Waals surface area contributed by atoms with Crippen molar-refractivity contribution in [2.24, 2.45) is 0 Å². The fourth-order valence-corrected chi connectivity index (χ4v) is 2.76. The molecule has 0 aliphatic carbocycles. The molecule has 4 aromatic heterocycles. The van der Waals surface area contributed by atoms with Crippen LogP contribution in [0.15, 0.2) is 55.0 Å². The summed E-state index contributed by atoms with van der Waals surface area (Å²) in [4.78, 5) is 17.2. The van der Waals surface area contributed by atoms with Crippen LogP contribution in [-0.2, 0) is 17.9 Å². The van der Waals surface area contributed by atoms with Crippen molar-refractivity contribution in [3.8, 4) is 22.6 Å². The first-order chi connectivity index (χ1) is 13.7. The largest absolute Gasteiger partial charge is 0.378 e. The highest BCUT2D eigenvalue weighted by atomic mass is 16.5. The van der Waals surface area contributed by atoms with E-state index in [1.807, 2.05) is 36.4 Å². The Morgan fingerprint density at radius 3 is 2.68 bits per heavy atom. The van der Waals surface area contributed by atoms with Gasteiger partial charge in [-0.3, -0.25) is 9.97 Å². The van der Waals surface area contributed by atoms with Gasteiger partial charge in [-0.15, -0.1) is 5.10 Å². The topological polar surface area (TPSA) is 118 Å². The molecule has 0 saturated heterocycles. The van der Waals surface area contributed by atoms with Crippen molar-refractivity contribution in [1.29, 1.82) is 0 Å². The van der Waals surface area contributed by atoms with Gasteiger partial charge in [-0.25, -0.2) is 14.6 Å². The zero-order valence-electron chi connectivity index (χ0n) is 15.2. The Morgan fingerprint density at radius 2 is 1.86 bits per heavy atom. The lowest BCUT2D eigenvalue weighted by atomic mass is 10.1. The molecular formula is C19H18N8O. The van der Waals surface area contributed by atoms with Gasteiger partial charge in [0.15, 0.2) is 0 Å². The number of hydrogen-bond acceptors (Lipinski definition) is 8. The molecule has 4 aromatic rings. The highest BCUT2D eigenvalue weighted by Gasteiger charge is 2.11. The predicted octanol–water partition coefficient (Wildman–Crippen LogP) is 1.97. The fourth-order valence-electron chi connectivity index (χ4n) is 2.76. The third-order valence-electron chi connectivity index (χ3n) is 3.98. The van der Waals surface area contributed by atoms with Crippen LogP contribution in [-0.4, -0.2) is 42.0 Å². The Kier molecular flexibility index (Phi) is 4.98. The maximum atomic E-state index is 5.89. The molecule has 28 heavy (non-hydrogen) atoms. The molecular weight excluding hydrogens is 356 g/mol. The average Bonchev–Trinajstić information content (AvgIpc) is 3.17. The summed E-state index contributed by atoms with van der Waals surface area (Å²) in [5.74, 6) is 0.167. The van der Waals surface area contributed by atoms with Crippen LogP contribution >= 0.6 is 0 Å². The zero-order chi connectivity index (χ0) is 19.3. The molecule has 0 aromatic carbocycles. The first-order valence-electron chi connectivity index (χ1n) is 8.60. The van der Waals surface area contributed by atoms with Crippen LogP contribution in [0.2, 0.25) is 0 Å². The van der Waals surface area contributed by atoms with Gasteiger partial charge in [0, 0.05) is 25.1 Å². The number of hydrogen-bond donors (Lipinski definition) is 1. The number of rotatable bonds is 6. The fraction of sp³-hybridized carbons (Fsp3) is 0.158. The molecule has 4 rings (SSSR count). The summed E-state index contributed by atoms with van der Waals surface area (Å²) in [6, 6.07) is 11.4. The Balaban J connectivity index is 1.59. The summed E-state index contributed by atoms with van der Waals surface area (Å²) < 4.78 is 6.83. The maximum Gasteiger partial charge on any atom is 0.221 e. The predicted molar refractivity (Wildman–Crippen MR) is 103 cm³/mol. The standard InChI is InChI=1S/C19H18N8O/c1-28-12-15-6-2-5-14(22-15)10-27-11-18(25-26-27)17-8-16(23-19(20)24-17)13-4-3-7-21-9-13/h2-9,11H,10,12H2,1H3,(H2,20,23,24). The van der Waals surface area contributed by atoms with E-state index in [-0.39, 0.29) is 5.95 Å². The molecule has 0 spiro atoms. The highest BCUT2D eigenvalue weighted by Crippen LogP contribution is 2.22. The second kappa shape index (κ2) is 7.89. The quantitative estimate of drug-likeness (QED) is 0.544. The van der Waals surface area contributed by atoms with Gasteiger partial charge < -0.3 is 10.5 Å². The third-order valence-corrected chi connectivity index (χ3v) is 3.98. The molecule has 0 bridgehead atoms. The normalized spacial score (nSPS) is 10.9. The van der Waals surface area contributed by atoms with E-state index in [1.165, 1.54) is 0 Å². The molecule has 140 valence electrons. The van der Waals surface area contributed by atoms with Crippen molar-refractivity contribution < 1.29 is 4.74 Å². The lowest BCUT2D eigenvalue weighted by Crippen LogP contribution is -2.04. The molecule has 0 aliphatic heterocycles. The molecule has 9 heteroatoms. The smallest absolute Gasteiger partial charge is 0.221 e. The Labute approximate surface area is 161 Å². The van der Waals surface area contributed by atoms with Crippen LogP contribution in [0.5, 0.6) is 0 Å². The molecule has 0 amide bonds. The molecule has 0 saturated carbocycles. The van der Waals surface area contributed by atoms with Crippen LogP contribution in [0, 0.1) is 0 Å². The van der Waals surface area contributed by atoms with Crippen molar-refractivity contribution in [1.82, 2.24) is 34.9 Å². The molecule has 2 N–H and O–H groups in total.